The number of esters is 2. The topological polar surface area (TPSA) is 93.7 Å². The van der Waals surface area contributed by atoms with Crippen LogP contribution in [0.15, 0.2) is 41.6 Å². The van der Waals surface area contributed by atoms with Gasteiger partial charge in [-0.1, -0.05) is 19.1 Å². The normalized spacial score (nSPS) is 16.7. The van der Waals surface area contributed by atoms with E-state index < -0.39 is 24.0 Å². The van der Waals surface area contributed by atoms with Crippen LogP contribution in [-0.4, -0.2) is 37.2 Å². The lowest BCUT2D eigenvalue weighted by molar-refractivity contribution is -0.140. The molecule has 0 bridgehead atoms. The number of halogens is 1. The highest BCUT2D eigenvalue weighted by Crippen LogP contribution is 2.17. The molecular formula is C19H21FN2O5. The lowest BCUT2D eigenvalue weighted by atomic mass is 10.0. The Labute approximate surface area is 156 Å². The summed E-state index contributed by atoms with van der Waals surface area (Å²) in [5.41, 5.74) is 1.04. The fourth-order valence-electron chi connectivity index (χ4n) is 2.51. The summed E-state index contributed by atoms with van der Waals surface area (Å²) in [6, 6.07) is 4.57. The van der Waals surface area contributed by atoms with E-state index >= 15 is 0 Å². The van der Waals surface area contributed by atoms with E-state index in [1.165, 1.54) is 36.4 Å². The molecule has 0 aromatic heterocycles. The molecule has 2 N–H and O–H groups in total. The van der Waals surface area contributed by atoms with Gasteiger partial charge in [-0.3, -0.25) is 0 Å². The fourth-order valence-corrected chi connectivity index (χ4v) is 2.51. The number of hydrogen-bond acceptors (Lipinski definition) is 5. The number of nitrogens with one attached hydrogen (secondary N) is 2. The van der Waals surface area contributed by atoms with E-state index in [4.69, 9.17) is 9.47 Å². The molecule has 1 aliphatic heterocycles. The molecule has 8 heteroatoms. The average Bonchev–Trinajstić information content (AvgIpc) is 2.65. The van der Waals surface area contributed by atoms with Crippen LogP contribution in [0.4, 0.5) is 9.18 Å². The van der Waals surface area contributed by atoms with Gasteiger partial charge in [0.1, 0.15) is 12.4 Å². The smallest absolute Gasteiger partial charge is 0.338 e. The molecule has 0 unspecified atom stereocenters. The minimum atomic E-state index is -0.670. The zero-order valence-corrected chi connectivity index (χ0v) is 15.1. The second-order valence-electron chi connectivity index (χ2n) is 5.66. The van der Waals surface area contributed by atoms with E-state index in [0.29, 0.717) is 12.0 Å². The lowest BCUT2D eigenvalue weighted by Gasteiger charge is -2.28. The number of amides is 2. The second-order valence-corrected chi connectivity index (χ2v) is 5.66. The van der Waals surface area contributed by atoms with Gasteiger partial charge in [0.05, 0.1) is 23.9 Å². The molecule has 144 valence electrons. The molecule has 0 spiro atoms. The highest BCUT2D eigenvalue weighted by atomic mass is 19.1. The SMILES string of the molecule is CCOC(=O)C1=C(COC(=O)/C=C/c2ccc(F)cc2)NC(=O)N[C@H]1CC. The third kappa shape index (κ3) is 5.67. The Hall–Kier alpha value is -3.16. The molecule has 0 saturated carbocycles. The van der Waals surface area contributed by atoms with Crippen molar-refractivity contribution in [1.29, 1.82) is 0 Å². The molecular weight excluding hydrogens is 355 g/mol. The largest absolute Gasteiger partial charge is 0.463 e. The third-order valence-corrected chi connectivity index (χ3v) is 3.79. The summed E-state index contributed by atoms with van der Waals surface area (Å²) in [6.07, 6.45) is 3.12. The van der Waals surface area contributed by atoms with E-state index in [2.05, 4.69) is 10.6 Å². The van der Waals surface area contributed by atoms with Crippen molar-refractivity contribution in [2.75, 3.05) is 13.2 Å². The molecule has 1 aromatic rings. The zero-order valence-electron chi connectivity index (χ0n) is 15.1. The van der Waals surface area contributed by atoms with Crippen LogP contribution in [0.5, 0.6) is 0 Å². The number of rotatable bonds is 7. The summed E-state index contributed by atoms with van der Waals surface area (Å²) < 4.78 is 23.0. The number of carbonyl (C=O) groups excluding carboxylic acids is 3. The summed E-state index contributed by atoms with van der Waals surface area (Å²) in [6.45, 7) is 3.38. The van der Waals surface area contributed by atoms with Crippen LogP contribution in [-0.2, 0) is 19.1 Å². The van der Waals surface area contributed by atoms with Gasteiger partial charge in [0.25, 0.3) is 0 Å². The Balaban J connectivity index is 2.09. The number of ether oxygens (including phenoxy) is 2. The van der Waals surface area contributed by atoms with E-state index in [-0.39, 0.29) is 30.3 Å². The predicted octanol–water partition coefficient (Wildman–Crippen LogP) is 2.29. The molecule has 0 radical (unpaired) electrons. The van der Waals surface area contributed by atoms with Gasteiger partial charge in [-0.2, -0.15) is 0 Å². The van der Waals surface area contributed by atoms with Crippen LogP contribution in [0.25, 0.3) is 6.08 Å². The zero-order chi connectivity index (χ0) is 19.8. The van der Waals surface area contributed by atoms with E-state index in [9.17, 15) is 18.8 Å². The number of benzene rings is 1. The molecule has 1 heterocycles. The molecule has 2 rings (SSSR count). The fraction of sp³-hybridized carbons (Fsp3) is 0.316. The van der Waals surface area contributed by atoms with E-state index in [1.54, 1.807) is 6.92 Å². The van der Waals surface area contributed by atoms with Crippen molar-refractivity contribution in [3.05, 3.63) is 53.0 Å². The maximum Gasteiger partial charge on any atom is 0.338 e. The Morgan fingerprint density at radius 2 is 1.89 bits per heavy atom. The van der Waals surface area contributed by atoms with E-state index in [1.807, 2.05) is 6.92 Å². The molecule has 1 aliphatic rings. The van der Waals surface area contributed by atoms with Gasteiger partial charge in [0, 0.05) is 6.08 Å². The highest BCUT2D eigenvalue weighted by Gasteiger charge is 2.31. The van der Waals surface area contributed by atoms with Crippen molar-refractivity contribution in [3.63, 3.8) is 0 Å². The van der Waals surface area contributed by atoms with Crippen molar-refractivity contribution >= 4 is 24.0 Å². The van der Waals surface area contributed by atoms with E-state index in [0.717, 1.165) is 0 Å². The monoisotopic (exact) mass is 376 g/mol. The van der Waals surface area contributed by atoms with Crippen molar-refractivity contribution in [1.82, 2.24) is 10.6 Å². The first-order valence-corrected chi connectivity index (χ1v) is 8.52. The first kappa shape index (κ1) is 20.2. The molecule has 27 heavy (non-hydrogen) atoms. The number of carbonyl (C=O) groups is 3. The summed E-state index contributed by atoms with van der Waals surface area (Å²) in [4.78, 5) is 35.9. The molecule has 0 fully saturated rings. The highest BCUT2D eigenvalue weighted by molar-refractivity contribution is 5.95. The maximum absolute atomic E-state index is 12.9. The van der Waals surface area contributed by atoms with Crippen molar-refractivity contribution in [2.24, 2.45) is 0 Å². The summed E-state index contributed by atoms with van der Waals surface area (Å²) >= 11 is 0. The van der Waals surface area contributed by atoms with Crippen LogP contribution < -0.4 is 10.6 Å². The molecule has 0 saturated heterocycles. The minimum absolute atomic E-state index is 0.181. The standard InChI is InChI=1S/C19H21FN2O5/c1-3-14-17(18(24)26-4-2)15(22-19(25)21-14)11-27-16(23)10-7-12-5-8-13(20)9-6-12/h5-10,14H,3-4,11H2,1-2H3,(H2,21,22,25)/b10-7+/t14-/m0/s1. The first-order chi connectivity index (χ1) is 12.9. The van der Waals surface area contributed by atoms with Crippen molar-refractivity contribution in [2.45, 2.75) is 26.3 Å². The van der Waals surface area contributed by atoms with Gasteiger partial charge in [0.15, 0.2) is 0 Å². The van der Waals surface area contributed by atoms with Gasteiger partial charge in [-0.25, -0.2) is 18.8 Å². The van der Waals surface area contributed by atoms with Crippen LogP contribution in [0.3, 0.4) is 0 Å². The summed E-state index contributed by atoms with van der Waals surface area (Å²) in [7, 11) is 0. The van der Waals surface area contributed by atoms with Crippen molar-refractivity contribution in [3.8, 4) is 0 Å². The van der Waals surface area contributed by atoms with Crippen molar-refractivity contribution < 1.29 is 28.2 Å². The van der Waals surface area contributed by atoms with Crippen LogP contribution >= 0.6 is 0 Å². The van der Waals surface area contributed by atoms with Crippen LogP contribution in [0, 0.1) is 5.82 Å². The summed E-state index contributed by atoms with van der Waals surface area (Å²) in [5, 5.41) is 5.12. The van der Waals surface area contributed by atoms with Gasteiger partial charge in [-0.15, -0.1) is 0 Å². The number of hydrogen-bond donors (Lipinski definition) is 2. The lowest BCUT2D eigenvalue weighted by Crippen LogP contribution is -2.51. The van der Waals surface area contributed by atoms with Gasteiger partial charge in [0.2, 0.25) is 0 Å². The van der Waals surface area contributed by atoms with Gasteiger partial charge < -0.3 is 20.1 Å². The quantitative estimate of drug-likeness (QED) is 0.563. The molecule has 0 aliphatic carbocycles. The molecule has 1 aromatic carbocycles. The third-order valence-electron chi connectivity index (χ3n) is 3.79. The van der Waals surface area contributed by atoms with Crippen LogP contribution in [0.1, 0.15) is 25.8 Å². The van der Waals surface area contributed by atoms with Crippen LogP contribution in [0.2, 0.25) is 0 Å². The Morgan fingerprint density at radius 3 is 2.52 bits per heavy atom. The van der Waals surface area contributed by atoms with Gasteiger partial charge in [-0.05, 0) is 37.1 Å². The number of urea groups is 1. The van der Waals surface area contributed by atoms with Gasteiger partial charge >= 0.3 is 18.0 Å². The first-order valence-electron chi connectivity index (χ1n) is 8.52. The molecule has 2 amide bonds. The Bertz CT molecular complexity index is 771. The summed E-state index contributed by atoms with van der Waals surface area (Å²) in [5.74, 6) is -1.62. The second kappa shape index (κ2) is 9.51. The molecule has 1 atom stereocenters. The Morgan fingerprint density at radius 1 is 1.19 bits per heavy atom. The molecule has 7 nitrogen and oxygen atoms in total. The average molecular weight is 376 g/mol. The Kier molecular flexibility index (Phi) is 7.10. The maximum atomic E-state index is 12.9. The minimum Gasteiger partial charge on any atom is -0.463 e. The predicted molar refractivity (Wildman–Crippen MR) is 95.8 cm³/mol.